The van der Waals surface area contributed by atoms with Gasteiger partial charge in [0.05, 0.1) is 12.5 Å². The van der Waals surface area contributed by atoms with Crippen molar-refractivity contribution in [3.05, 3.63) is 36.0 Å². The first-order chi connectivity index (χ1) is 19.8. The number of nitrogens with zero attached hydrogens (tertiary/aromatic N) is 1. The minimum Gasteiger partial charge on any atom is -0.480 e. The molecule has 42 heavy (non-hydrogen) atoms. The summed E-state index contributed by atoms with van der Waals surface area (Å²) in [6.45, 7) is 3.72. The number of nitrogens with one attached hydrogen (secondary N) is 4. The molecule has 4 amide bonds. The normalized spacial score (nSPS) is 14.5. The lowest BCUT2D eigenvalue weighted by Crippen LogP contribution is -2.59. The molecular weight excluding hydrogens is 546 g/mol. The number of carbonyl (C=O) groups excluding carboxylic acids is 4. The molecule has 13 N–H and O–H groups in total. The third-order valence-electron chi connectivity index (χ3n) is 6.84. The molecule has 15 nitrogen and oxygen atoms in total. The Labute approximate surface area is 243 Å². The summed E-state index contributed by atoms with van der Waals surface area (Å²) in [4.78, 5) is 69.7. The highest BCUT2D eigenvalue weighted by Gasteiger charge is 2.33. The fourth-order valence-electron chi connectivity index (χ4n) is 4.30. The number of nitrogens with two attached hydrogens (primary N) is 4. The summed E-state index contributed by atoms with van der Waals surface area (Å²) >= 11 is 0. The van der Waals surface area contributed by atoms with Crippen molar-refractivity contribution >= 4 is 46.5 Å². The number of aromatic amines is 1. The van der Waals surface area contributed by atoms with E-state index in [1.807, 2.05) is 31.2 Å². The number of amides is 4. The van der Waals surface area contributed by atoms with Crippen LogP contribution >= 0.6 is 0 Å². The molecule has 0 aliphatic carbocycles. The van der Waals surface area contributed by atoms with E-state index in [9.17, 15) is 29.1 Å². The van der Waals surface area contributed by atoms with Gasteiger partial charge in [0, 0.05) is 30.1 Å². The predicted octanol–water partition coefficient (Wildman–Crippen LogP) is -1.45. The first kappa shape index (κ1) is 33.5. The second kappa shape index (κ2) is 16.0. The second-order valence-electron chi connectivity index (χ2n) is 10.1. The van der Waals surface area contributed by atoms with Gasteiger partial charge in [0.25, 0.3) is 0 Å². The summed E-state index contributed by atoms with van der Waals surface area (Å²) in [7, 11) is 0. The summed E-state index contributed by atoms with van der Waals surface area (Å²) in [6, 6.07) is 2.53. The second-order valence-corrected chi connectivity index (χ2v) is 10.1. The van der Waals surface area contributed by atoms with E-state index in [4.69, 9.17) is 22.9 Å². The van der Waals surface area contributed by atoms with Gasteiger partial charge in [-0.1, -0.05) is 38.5 Å². The lowest BCUT2D eigenvalue weighted by atomic mass is 9.96. The topological polar surface area (TPSA) is 274 Å². The Kier molecular flexibility index (Phi) is 12.7. The number of H-pyrrole nitrogens is 1. The molecular formula is C27H41N9O6. The van der Waals surface area contributed by atoms with Crippen LogP contribution in [0.15, 0.2) is 35.5 Å². The Balaban J connectivity index is 2.31. The van der Waals surface area contributed by atoms with Crippen LogP contribution in [0.4, 0.5) is 0 Å². The van der Waals surface area contributed by atoms with Gasteiger partial charge in [-0.05, 0) is 30.4 Å². The van der Waals surface area contributed by atoms with E-state index in [0.29, 0.717) is 12.0 Å². The van der Waals surface area contributed by atoms with Gasteiger partial charge in [-0.15, -0.1) is 0 Å². The van der Waals surface area contributed by atoms with Crippen LogP contribution in [0.5, 0.6) is 0 Å². The third-order valence-corrected chi connectivity index (χ3v) is 6.84. The van der Waals surface area contributed by atoms with E-state index in [0.717, 1.165) is 10.9 Å². The van der Waals surface area contributed by atoms with Crippen LogP contribution in [0.1, 0.15) is 45.1 Å². The smallest absolute Gasteiger partial charge is 0.326 e. The molecule has 0 radical (unpaired) electrons. The van der Waals surface area contributed by atoms with Crippen LogP contribution < -0.4 is 38.9 Å². The number of primary amides is 1. The van der Waals surface area contributed by atoms with E-state index in [2.05, 4.69) is 25.9 Å². The largest absolute Gasteiger partial charge is 0.480 e. The Morgan fingerprint density at radius 3 is 2.26 bits per heavy atom. The molecule has 5 atom stereocenters. The van der Waals surface area contributed by atoms with Gasteiger partial charge < -0.3 is 49.0 Å². The number of hydrogen-bond donors (Lipinski definition) is 9. The summed E-state index contributed by atoms with van der Waals surface area (Å²) < 4.78 is 0. The van der Waals surface area contributed by atoms with Crippen molar-refractivity contribution in [2.45, 2.75) is 70.1 Å². The maximum absolute atomic E-state index is 13.5. The number of fused-ring (bicyclic) bond motifs is 1. The van der Waals surface area contributed by atoms with Crippen LogP contribution in [-0.2, 0) is 30.4 Å². The van der Waals surface area contributed by atoms with Crippen molar-refractivity contribution in [2.24, 2.45) is 33.8 Å². The number of carbonyl (C=O) groups is 5. The van der Waals surface area contributed by atoms with Crippen molar-refractivity contribution in [2.75, 3.05) is 6.54 Å². The van der Waals surface area contributed by atoms with E-state index in [1.165, 1.54) is 0 Å². The molecule has 2 rings (SSSR count). The number of aliphatic carboxylic acids is 1. The summed E-state index contributed by atoms with van der Waals surface area (Å²) in [5.41, 5.74) is 23.0. The zero-order valence-electron chi connectivity index (χ0n) is 23.8. The Morgan fingerprint density at radius 2 is 1.64 bits per heavy atom. The number of carboxylic acid groups (broad SMARTS) is 1. The number of benzene rings is 1. The molecule has 5 unspecified atom stereocenters. The minimum atomic E-state index is -1.27. The number of aliphatic imine (C=N–C) groups is 1. The lowest BCUT2D eigenvalue weighted by Gasteiger charge is -2.28. The highest BCUT2D eigenvalue weighted by molar-refractivity contribution is 5.95. The highest BCUT2D eigenvalue weighted by atomic mass is 16.4. The van der Waals surface area contributed by atoms with E-state index < -0.39 is 60.2 Å². The van der Waals surface area contributed by atoms with Crippen LogP contribution in [0.2, 0.25) is 0 Å². The Bertz CT molecular complexity index is 1290. The average molecular weight is 588 g/mol. The van der Waals surface area contributed by atoms with Crippen LogP contribution in [0, 0.1) is 5.92 Å². The quantitative estimate of drug-likeness (QED) is 0.0594. The first-order valence-corrected chi connectivity index (χ1v) is 13.6. The predicted molar refractivity (Wildman–Crippen MR) is 157 cm³/mol. The lowest BCUT2D eigenvalue weighted by molar-refractivity contribution is -0.142. The van der Waals surface area contributed by atoms with Crippen molar-refractivity contribution in [1.82, 2.24) is 20.9 Å². The van der Waals surface area contributed by atoms with Crippen LogP contribution in [-0.4, -0.2) is 76.4 Å². The number of aromatic nitrogens is 1. The molecule has 1 heterocycles. The molecule has 0 saturated heterocycles. The monoisotopic (exact) mass is 587 g/mol. The summed E-state index contributed by atoms with van der Waals surface area (Å²) in [5, 5.41) is 18.3. The third kappa shape index (κ3) is 10.1. The van der Waals surface area contributed by atoms with Crippen LogP contribution in [0.25, 0.3) is 10.9 Å². The zero-order valence-corrected chi connectivity index (χ0v) is 23.8. The van der Waals surface area contributed by atoms with Gasteiger partial charge >= 0.3 is 5.97 Å². The minimum absolute atomic E-state index is 0.0181. The van der Waals surface area contributed by atoms with Gasteiger partial charge in [-0.3, -0.25) is 24.2 Å². The number of carboxylic acids is 1. The van der Waals surface area contributed by atoms with Crippen LogP contribution in [0.3, 0.4) is 0 Å². The number of guanidine groups is 1. The van der Waals surface area contributed by atoms with Crippen molar-refractivity contribution < 1.29 is 29.1 Å². The van der Waals surface area contributed by atoms with Gasteiger partial charge in [0.2, 0.25) is 23.6 Å². The number of rotatable bonds is 17. The molecule has 0 saturated carbocycles. The molecule has 0 fully saturated rings. The first-order valence-electron chi connectivity index (χ1n) is 13.6. The standard InChI is InChI=1S/C27H41N9O6/c1-3-14(2)22(36-23(38)17(28)12-21(29)37)25(40)35-20(11-15-13-33-18-8-5-4-7-16(15)18)24(39)34-19(26(41)42)9-6-10-32-27(30)31/h4-5,7-8,13-14,17,19-20,22,33H,3,6,9-12,28H2,1-2H3,(H2,29,37)(H,34,39)(H,35,40)(H,36,38)(H,41,42)(H4,30,31,32). The maximum atomic E-state index is 13.5. The molecule has 0 aliphatic heterocycles. The molecule has 0 bridgehead atoms. The molecule has 15 heteroatoms. The fraction of sp³-hybridized carbons (Fsp3) is 0.481. The highest BCUT2D eigenvalue weighted by Crippen LogP contribution is 2.20. The SMILES string of the molecule is CCC(C)C(NC(=O)C(N)CC(N)=O)C(=O)NC(Cc1c[nH]c2ccccc12)C(=O)NC(CCCN=C(N)N)C(=O)O. The summed E-state index contributed by atoms with van der Waals surface area (Å²) in [5.74, 6) is -4.72. The Hall–Kier alpha value is -4.66. The van der Waals surface area contributed by atoms with E-state index >= 15 is 0 Å². The Morgan fingerprint density at radius 1 is 0.976 bits per heavy atom. The average Bonchev–Trinajstić information content (AvgIpc) is 3.34. The summed E-state index contributed by atoms with van der Waals surface area (Å²) in [6.07, 6.45) is 2.12. The maximum Gasteiger partial charge on any atom is 0.326 e. The molecule has 230 valence electrons. The van der Waals surface area contributed by atoms with Crippen molar-refractivity contribution in [3.8, 4) is 0 Å². The van der Waals surface area contributed by atoms with Gasteiger partial charge in [-0.2, -0.15) is 0 Å². The van der Waals surface area contributed by atoms with Crippen molar-refractivity contribution in [3.63, 3.8) is 0 Å². The fourth-order valence-corrected chi connectivity index (χ4v) is 4.30. The van der Waals surface area contributed by atoms with Gasteiger partial charge in [0.15, 0.2) is 5.96 Å². The zero-order chi connectivity index (χ0) is 31.4. The number of para-hydroxylation sites is 1. The van der Waals surface area contributed by atoms with Crippen molar-refractivity contribution in [1.29, 1.82) is 0 Å². The van der Waals surface area contributed by atoms with Gasteiger partial charge in [0.1, 0.15) is 18.1 Å². The van der Waals surface area contributed by atoms with E-state index in [1.54, 1.807) is 13.1 Å². The molecule has 0 spiro atoms. The molecule has 1 aromatic heterocycles. The molecule has 2 aromatic rings. The number of hydrogen-bond acceptors (Lipinski definition) is 7. The molecule has 1 aromatic carbocycles. The van der Waals surface area contributed by atoms with E-state index in [-0.39, 0.29) is 37.7 Å². The molecule has 0 aliphatic rings. The van der Waals surface area contributed by atoms with Gasteiger partial charge in [-0.25, -0.2) is 4.79 Å².